The number of piperazine rings is 1. The number of hydrogen-bond acceptors (Lipinski definition) is 6. The summed E-state index contributed by atoms with van der Waals surface area (Å²) in [4.78, 5) is 2.12. The lowest BCUT2D eigenvalue weighted by atomic mass is 10.3. The molecule has 148 valence electrons. The number of unbranched alkanes of at least 4 members (excludes halogenated alkanes) is 1. The molecule has 11 heteroatoms. The van der Waals surface area contributed by atoms with Gasteiger partial charge in [0.15, 0.2) is 5.82 Å². The molecule has 3 rings (SSSR count). The van der Waals surface area contributed by atoms with Crippen molar-refractivity contribution in [1.29, 1.82) is 0 Å². The standard InChI is InChI=1S/C16H22Cl2N6O2S/c1-2-3-7-24-15(19-20-21-24)12-22-8-10-23(11-9-22)27(25,26)16-13(17)5-4-6-14(16)18/h4-6H,2-3,7-12H2,1H3. The molecule has 0 aliphatic carbocycles. The van der Waals surface area contributed by atoms with Gasteiger partial charge in [-0.25, -0.2) is 13.1 Å². The van der Waals surface area contributed by atoms with Crippen molar-refractivity contribution in [3.05, 3.63) is 34.1 Å². The number of rotatable bonds is 7. The molecule has 0 bridgehead atoms. The molecule has 1 aliphatic heterocycles. The van der Waals surface area contributed by atoms with E-state index in [1.807, 2.05) is 4.68 Å². The molecular weight excluding hydrogens is 411 g/mol. The Labute approximate surface area is 169 Å². The van der Waals surface area contributed by atoms with Crippen LogP contribution in [-0.4, -0.2) is 64.0 Å². The van der Waals surface area contributed by atoms with Gasteiger partial charge in [0.1, 0.15) is 4.90 Å². The van der Waals surface area contributed by atoms with E-state index in [1.165, 1.54) is 16.4 Å². The Balaban J connectivity index is 1.65. The van der Waals surface area contributed by atoms with Gasteiger partial charge in [0.2, 0.25) is 10.0 Å². The third-order valence-corrected chi connectivity index (χ3v) is 7.40. The zero-order chi connectivity index (χ0) is 19.4. The molecule has 1 saturated heterocycles. The van der Waals surface area contributed by atoms with Gasteiger partial charge in [-0.05, 0) is 29.0 Å². The van der Waals surface area contributed by atoms with Gasteiger partial charge in [0, 0.05) is 32.7 Å². The summed E-state index contributed by atoms with van der Waals surface area (Å²) in [6.07, 6.45) is 2.09. The Kier molecular flexibility index (Phi) is 6.69. The minimum Gasteiger partial charge on any atom is -0.293 e. The second-order valence-corrected chi connectivity index (χ2v) is 9.09. The van der Waals surface area contributed by atoms with Crippen LogP contribution in [0.3, 0.4) is 0 Å². The Morgan fingerprint density at radius 2 is 1.78 bits per heavy atom. The lowest BCUT2D eigenvalue weighted by Crippen LogP contribution is -2.48. The number of hydrogen-bond donors (Lipinski definition) is 0. The van der Waals surface area contributed by atoms with Crippen molar-refractivity contribution in [2.45, 2.75) is 37.8 Å². The molecule has 2 heterocycles. The number of aromatic nitrogens is 4. The van der Waals surface area contributed by atoms with Crippen LogP contribution in [0.5, 0.6) is 0 Å². The van der Waals surface area contributed by atoms with Gasteiger partial charge in [-0.3, -0.25) is 4.90 Å². The van der Waals surface area contributed by atoms with E-state index < -0.39 is 10.0 Å². The van der Waals surface area contributed by atoms with Crippen LogP contribution >= 0.6 is 23.2 Å². The first-order chi connectivity index (χ1) is 12.9. The predicted molar refractivity (Wildman–Crippen MR) is 103 cm³/mol. The topological polar surface area (TPSA) is 84.2 Å². The molecule has 0 atom stereocenters. The molecule has 0 unspecified atom stereocenters. The fourth-order valence-electron chi connectivity index (χ4n) is 3.00. The van der Waals surface area contributed by atoms with Gasteiger partial charge in [-0.15, -0.1) is 5.10 Å². The van der Waals surface area contributed by atoms with Crippen molar-refractivity contribution >= 4 is 33.2 Å². The minimum atomic E-state index is -3.73. The van der Waals surface area contributed by atoms with E-state index in [2.05, 4.69) is 27.3 Å². The fourth-order valence-corrected chi connectivity index (χ4v) is 5.52. The largest absolute Gasteiger partial charge is 0.293 e. The third kappa shape index (κ3) is 4.60. The summed E-state index contributed by atoms with van der Waals surface area (Å²) in [5, 5.41) is 12.2. The highest BCUT2D eigenvalue weighted by atomic mass is 35.5. The Morgan fingerprint density at radius 3 is 2.41 bits per heavy atom. The predicted octanol–water partition coefficient (Wildman–Crippen LogP) is 2.29. The summed E-state index contributed by atoms with van der Waals surface area (Å²) in [6.45, 7) is 5.40. The van der Waals surface area contributed by atoms with E-state index in [9.17, 15) is 8.42 Å². The highest BCUT2D eigenvalue weighted by Gasteiger charge is 2.32. The minimum absolute atomic E-state index is 0.0229. The van der Waals surface area contributed by atoms with Crippen LogP contribution in [0.25, 0.3) is 0 Å². The van der Waals surface area contributed by atoms with E-state index in [1.54, 1.807) is 6.07 Å². The first-order valence-electron chi connectivity index (χ1n) is 8.85. The molecular formula is C16H22Cl2N6O2S. The Bertz CT molecular complexity index is 861. The average Bonchev–Trinajstić information content (AvgIpc) is 3.07. The molecule has 1 aromatic carbocycles. The summed E-state index contributed by atoms with van der Waals surface area (Å²) < 4.78 is 29.1. The van der Waals surface area contributed by atoms with Crippen molar-refractivity contribution in [2.24, 2.45) is 0 Å². The maximum absolute atomic E-state index is 12.9. The lowest BCUT2D eigenvalue weighted by Gasteiger charge is -2.33. The van der Waals surface area contributed by atoms with Gasteiger partial charge in [-0.1, -0.05) is 42.6 Å². The molecule has 8 nitrogen and oxygen atoms in total. The summed E-state index contributed by atoms with van der Waals surface area (Å²) >= 11 is 12.2. The first-order valence-corrected chi connectivity index (χ1v) is 11.0. The molecule has 1 aromatic heterocycles. The zero-order valence-electron chi connectivity index (χ0n) is 15.1. The SMILES string of the molecule is CCCCn1nnnc1CN1CCN(S(=O)(=O)c2c(Cl)cccc2Cl)CC1. The maximum Gasteiger partial charge on any atom is 0.246 e. The van der Waals surface area contributed by atoms with Crippen LogP contribution in [0.2, 0.25) is 10.0 Å². The summed E-state index contributed by atoms with van der Waals surface area (Å²) in [5.74, 6) is 0.800. The number of tetrazole rings is 1. The van der Waals surface area contributed by atoms with Crippen LogP contribution in [-0.2, 0) is 23.1 Å². The van der Waals surface area contributed by atoms with Crippen LogP contribution in [0.4, 0.5) is 0 Å². The quantitative estimate of drug-likeness (QED) is 0.666. The third-order valence-electron chi connectivity index (χ3n) is 4.54. The highest BCUT2D eigenvalue weighted by Crippen LogP contribution is 2.31. The molecule has 27 heavy (non-hydrogen) atoms. The molecule has 1 aliphatic rings. The second kappa shape index (κ2) is 8.83. The van der Waals surface area contributed by atoms with Gasteiger partial charge in [0.25, 0.3) is 0 Å². The van der Waals surface area contributed by atoms with Crippen molar-refractivity contribution in [3.63, 3.8) is 0 Å². The van der Waals surface area contributed by atoms with Crippen LogP contribution in [0, 0.1) is 0 Å². The number of benzene rings is 1. The number of halogens is 2. The van der Waals surface area contributed by atoms with E-state index >= 15 is 0 Å². The van der Waals surface area contributed by atoms with E-state index in [4.69, 9.17) is 23.2 Å². The van der Waals surface area contributed by atoms with Crippen LogP contribution in [0.1, 0.15) is 25.6 Å². The number of sulfonamides is 1. The molecule has 0 N–H and O–H groups in total. The van der Waals surface area contributed by atoms with E-state index in [-0.39, 0.29) is 14.9 Å². The molecule has 0 amide bonds. The smallest absolute Gasteiger partial charge is 0.246 e. The van der Waals surface area contributed by atoms with E-state index in [0.717, 1.165) is 25.2 Å². The summed E-state index contributed by atoms with van der Waals surface area (Å²) in [6, 6.07) is 4.70. The van der Waals surface area contributed by atoms with Crippen molar-refractivity contribution in [3.8, 4) is 0 Å². The van der Waals surface area contributed by atoms with E-state index in [0.29, 0.717) is 32.7 Å². The van der Waals surface area contributed by atoms with Crippen molar-refractivity contribution in [1.82, 2.24) is 29.4 Å². The lowest BCUT2D eigenvalue weighted by molar-refractivity contribution is 0.175. The first kappa shape index (κ1) is 20.5. The molecule has 1 fully saturated rings. The molecule has 0 radical (unpaired) electrons. The van der Waals surface area contributed by atoms with Gasteiger partial charge in [0.05, 0.1) is 16.6 Å². The fraction of sp³-hybridized carbons (Fsp3) is 0.562. The zero-order valence-corrected chi connectivity index (χ0v) is 17.4. The molecule has 0 saturated carbocycles. The van der Waals surface area contributed by atoms with Gasteiger partial charge < -0.3 is 0 Å². The Morgan fingerprint density at radius 1 is 1.11 bits per heavy atom. The normalized spacial score (nSPS) is 16.7. The van der Waals surface area contributed by atoms with Crippen LogP contribution in [0.15, 0.2) is 23.1 Å². The van der Waals surface area contributed by atoms with Crippen molar-refractivity contribution in [2.75, 3.05) is 26.2 Å². The highest BCUT2D eigenvalue weighted by molar-refractivity contribution is 7.89. The summed E-state index contributed by atoms with van der Waals surface area (Å²) in [7, 11) is -3.73. The number of aryl methyl sites for hydroxylation is 1. The summed E-state index contributed by atoms with van der Waals surface area (Å²) in [5.41, 5.74) is 0. The number of nitrogens with zero attached hydrogens (tertiary/aromatic N) is 6. The van der Waals surface area contributed by atoms with Crippen molar-refractivity contribution < 1.29 is 8.42 Å². The van der Waals surface area contributed by atoms with Gasteiger partial charge in [-0.2, -0.15) is 4.31 Å². The molecule has 0 spiro atoms. The average molecular weight is 433 g/mol. The monoisotopic (exact) mass is 432 g/mol. The maximum atomic E-state index is 12.9. The van der Waals surface area contributed by atoms with Crippen LogP contribution < -0.4 is 0 Å². The molecule has 2 aromatic rings. The van der Waals surface area contributed by atoms with Gasteiger partial charge >= 0.3 is 0 Å². The Hall–Kier alpha value is -1.26. The second-order valence-electron chi connectivity index (χ2n) is 6.40.